The largest absolute Gasteiger partial charge is 0.303 e. The molecule has 0 radical (unpaired) electrons. The number of nitrogens with zero attached hydrogens (tertiary/aromatic N) is 1. The molecule has 0 N–H and O–H groups in total. The van der Waals surface area contributed by atoms with E-state index in [0.717, 1.165) is 31.8 Å². The summed E-state index contributed by atoms with van der Waals surface area (Å²) in [5.74, 6) is 0.786. The first-order chi connectivity index (χ1) is 7.56. The maximum absolute atomic E-state index is 11.3. The molecule has 1 rings (SSSR count). The molecule has 0 aromatic rings. The Balaban J connectivity index is 2.65. The topological polar surface area (TPSA) is 20.3 Å². The number of carbonyl (C=O) groups is 1. The third kappa shape index (κ3) is 3.07. The number of hydrogen-bond acceptors (Lipinski definition) is 2. The van der Waals surface area contributed by atoms with Gasteiger partial charge in [-0.2, -0.15) is 0 Å². The first kappa shape index (κ1) is 13.7. The molecular weight excluding hydrogens is 198 g/mol. The van der Waals surface area contributed by atoms with Crippen molar-refractivity contribution in [1.82, 2.24) is 4.90 Å². The van der Waals surface area contributed by atoms with Crippen LogP contribution in [-0.2, 0) is 4.79 Å². The minimum Gasteiger partial charge on any atom is -0.303 e. The summed E-state index contributed by atoms with van der Waals surface area (Å²) in [5, 5.41) is 0. The molecule has 1 fully saturated rings. The average Bonchev–Trinajstić information content (AvgIpc) is 2.31. The van der Waals surface area contributed by atoms with Crippen LogP contribution in [0.1, 0.15) is 53.4 Å². The Bertz CT molecular complexity index is 223. The smallest absolute Gasteiger partial charge is 0.127 e. The van der Waals surface area contributed by atoms with E-state index in [0.29, 0.717) is 6.04 Å². The van der Waals surface area contributed by atoms with Crippen molar-refractivity contribution in [2.45, 2.75) is 59.4 Å². The first-order valence-electron chi connectivity index (χ1n) is 6.77. The van der Waals surface area contributed by atoms with Crippen molar-refractivity contribution in [2.75, 3.05) is 13.1 Å². The van der Waals surface area contributed by atoms with Gasteiger partial charge >= 0.3 is 0 Å². The van der Waals surface area contributed by atoms with Gasteiger partial charge in [-0.15, -0.1) is 0 Å². The third-order valence-corrected chi connectivity index (χ3v) is 4.42. The second-order valence-electron chi connectivity index (χ2n) is 5.65. The molecule has 1 saturated heterocycles. The Kier molecular flexibility index (Phi) is 4.97. The first-order valence-corrected chi connectivity index (χ1v) is 6.77. The quantitative estimate of drug-likeness (QED) is 0.670. The predicted octanol–water partition coefficient (Wildman–Crippen LogP) is 3.11. The summed E-state index contributed by atoms with van der Waals surface area (Å²) in [7, 11) is 0. The lowest BCUT2D eigenvalue weighted by molar-refractivity contribution is -0.118. The molecule has 1 aliphatic heterocycles. The van der Waals surface area contributed by atoms with Crippen LogP contribution in [-0.4, -0.2) is 30.3 Å². The van der Waals surface area contributed by atoms with Crippen LogP contribution in [0.3, 0.4) is 0 Å². The summed E-state index contributed by atoms with van der Waals surface area (Å²) in [5.41, 5.74) is -0.106. The molecule has 0 aliphatic carbocycles. The van der Waals surface area contributed by atoms with Crippen molar-refractivity contribution >= 4 is 6.29 Å². The Labute approximate surface area is 100 Å². The van der Waals surface area contributed by atoms with Gasteiger partial charge in [0.25, 0.3) is 0 Å². The van der Waals surface area contributed by atoms with Gasteiger partial charge in [-0.1, -0.05) is 20.8 Å². The molecule has 2 nitrogen and oxygen atoms in total. The molecule has 0 amide bonds. The lowest BCUT2D eigenvalue weighted by Gasteiger charge is -2.41. The molecule has 2 atom stereocenters. The molecular formula is C14H27NO. The van der Waals surface area contributed by atoms with Crippen molar-refractivity contribution in [3.05, 3.63) is 0 Å². The monoisotopic (exact) mass is 225 g/mol. The highest BCUT2D eigenvalue weighted by atomic mass is 16.1. The van der Waals surface area contributed by atoms with E-state index in [9.17, 15) is 4.79 Å². The van der Waals surface area contributed by atoms with Crippen molar-refractivity contribution in [3.8, 4) is 0 Å². The SMILES string of the molecule is CCC(C=O)(CC)CN1CC(C)CCC1C. The second kappa shape index (κ2) is 5.81. The molecule has 94 valence electrons. The summed E-state index contributed by atoms with van der Waals surface area (Å²) in [6.07, 6.45) is 5.74. The van der Waals surface area contributed by atoms with E-state index < -0.39 is 0 Å². The number of piperidine rings is 1. The Morgan fingerprint density at radius 2 is 1.88 bits per heavy atom. The Morgan fingerprint density at radius 1 is 1.25 bits per heavy atom. The predicted molar refractivity (Wildman–Crippen MR) is 68.5 cm³/mol. The zero-order chi connectivity index (χ0) is 12.2. The van der Waals surface area contributed by atoms with E-state index >= 15 is 0 Å². The number of carbonyl (C=O) groups excluding carboxylic acids is 1. The van der Waals surface area contributed by atoms with Gasteiger partial charge in [-0.3, -0.25) is 4.90 Å². The van der Waals surface area contributed by atoms with E-state index in [1.807, 2.05) is 0 Å². The Hall–Kier alpha value is -0.370. The fourth-order valence-corrected chi connectivity index (χ4v) is 2.68. The highest BCUT2D eigenvalue weighted by molar-refractivity contribution is 5.59. The summed E-state index contributed by atoms with van der Waals surface area (Å²) in [6, 6.07) is 0.647. The van der Waals surface area contributed by atoms with E-state index in [-0.39, 0.29) is 5.41 Å². The number of hydrogen-bond donors (Lipinski definition) is 0. The molecule has 1 heterocycles. The van der Waals surface area contributed by atoms with E-state index in [2.05, 4.69) is 32.6 Å². The lowest BCUT2D eigenvalue weighted by atomic mass is 9.82. The van der Waals surface area contributed by atoms with Crippen molar-refractivity contribution in [1.29, 1.82) is 0 Å². The zero-order valence-electron chi connectivity index (χ0n) is 11.3. The molecule has 1 aliphatic rings. The maximum Gasteiger partial charge on any atom is 0.127 e. The van der Waals surface area contributed by atoms with Gasteiger partial charge in [0.2, 0.25) is 0 Å². The third-order valence-electron chi connectivity index (χ3n) is 4.42. The maximum atomic E-state index is 11.3. The van der Waals surface area contributed by atoms with Crippen LogP contribution in [0, 0.1) is 11.3 Å². The van der Waals surface area contributed by atoms with Crippen LogP contribution in [0.25, 0.3) is 0 Å². The van der Waals surface area contributed by atoms with Crippen molar-refractivity contribution in [3.63, 3.8) is 0 Å². The van der Waals surface area contributed by atoms with Crippen molar-refractivity contribution < 1.29 is 4.79 Å². The molecule has 16 heavy (non-hydrogen) atoms. The van der Waals surface area contributed by atoms with Crippen LogP contribution >= 0.6 is 0 Å². The molecule has 0 saturated carbocycles. The van der Waals surface area contributed by atoms with Gasteiger partial charge in [0, 0.05) is 24.5 Å². The van der Waals surface area contributed by atoms with Crippen LogP contribution in [0.5, 0.6) is 0 Å². The number of rotatable bonds is 5. The molecule has 0 spiro atoms. The summed E-state index contributed by atoms with van der Waals surface area (Å²) >= 11 is 0. The zero-order valence-corrected chi connectivity index (χ0v) is 11.3. The summed E-state index contributed by atoms with van der Waals surface area (Å²) in [6.45, 7) is 11.0. The lowest BCUT2D eigenvalue weighted by Crippen LogP contribution is -2.47. The molecule has 0 aromatic heterocycles. The summed E-state index contributed by atoms with van der Waals surface area (Å²) < 4.78 is 0. The van der Waals surface area contributed by atoms with Gasteiger partial charge in [-0.05, 0) is 38.5 Å². The van der Waals surface area contributed by atoms with Gasteiger partial charge < -0.3 is 4.79 Å². The number of aldehydes is 1. The van der Waals surface area contributed by atoms with Gasteiger partial charge in [0.15, 0.2) is 0 Å². The number of likely N-dealkylation sites (tertiary alicyclic amines) is 1. The minimum atomic E-state index is -0.106. The standard InChI is InChI=1S/C14H27NO/c1-5-14(6-2,11-16)10-15-9-12(3)7-8-13(15)4/h11-13H,5-10H2,1-4H3. The van der Waals surface area contributed by atoms with Gasteiger partial charge in [0.05, 0.1) is 0 Å². The van der Waals surface area contributed by atoms with Crippen LogP contribution in [0.2, 0.25) is 0 Å². The van der Waals surface area contributed by atoms with Crippen LogP contribution in [0.15, 0.2) is 0 Å². The second-order valence-corrected chi connectivity index (χ2v) is 5.65. The van der Waals surface area contributed by atoms with Crippen molar-refractivity contribution in [2.24, 2.45) is 11.3 Å². The average molecular weight is 225 g/mol. The Morgan fingerprint density at radius 3 is 2.38 bits per heavy atom. The van der Waals surface area contributed by atoms with Crippen LogP contribution in [0.4, 0.5) is 0 Å². The normalized spacial score (nSPS) is 28.0. The van der Waals surface area contributed by atoms with E-state index in [1.165, 1.54) is 19.1 Å². The molecule has 2 heteroatoms. The van der Waals surface area contributed by atoms with E-state index in [4.69, 9.17) is 0 Å². The minimum absolute atomic E-state index is 0.106. The molecule has 2 unspecified atom stereocenters. The van der Waals surface area contributed by atoms with Crippen LogP contribution < -0.4 is 0 Å². The summed E-state index contributed by atoms with van der Waals surface area (Å²) in [4.78, 5) is 13.8. The van der Waals surface area contributed by atoms with E-state index in [1.54, 1.807) is 0 Å². The van der Waals surface area contributed by atoms with Gasteiger partial charge in [-0.25, -0.2) is 0 Å². The fraction of sp³-hybridized carbons (Fsp3) is 0.929. The molecule has 0 aromatic carbocycles. The van der Waals surface area contributed by atoms with Gasteiger partial charge in [0.1, 0.15) is 6.29 Å². The highest BCUT2D eigenvalue weighted by Crippen LogP contribution is 2.29. The fourth-order valence-electron chi connectivity index (χ4n) is 2.68. The molecule has 0 bridgehead atoms. The highest BCUT2D eigenvalue weighted by Gasteiger charge is 2.32.